The standard InChI is InChI=1S/C12H12N4OS/c17-12(11-7-14-16-18-11)15-10-2-1-8-3-4-13-6-9(8)5-10/h1-2,5,7,13H,3-4,6H2,(H,15,17). The Morgan fingerprint density at radius 2 is 2.33 bits per heavy atom. The highest BCUT2D eigenvalue weighted by Crippen LogP contribution is 2.19. The second-order valence-corrected chi connectivity index (χ2v) is 4.93. The lowest BCUT2D eigenvalue weighted by Crippen LogP contribution is -2.23. The number of benzene rings is 1. The van der Waals surface area contributed by atoms with E-state index in [9.17, 15) is 4.79 Å². The van der Waals surface area contributed by atoms with Gasteiger partial charge >= 0.3 is 0 Å². The van der Waals surface area contributed by atoms with Gasteiger partial charge in [-0.2, -0.15) is 0 Å². The lowest BCUT2D eigenvalue weighted by molar-refractivity contribution is 0.103. The van der Waals surface area contributed by atoms with Crippen molar-refractivity contribution in [2.24, 2.45) is 0 Å². The lowest BCUT2D eigenvalue weighted by atomic mass is 10.0. The van der Waals surface area contributed by atoms with Crippen LogP contribution in [0.25, 0.3) is 0 Å². The summed E-state index contributed by atoms with van der Waals surface area (Å²) >= 11 is 1.09. The minimum absolute atomic E-state index is 0.159. The molecule has 0 atom stereocenters. The second-order valence-electron chi connectivity index (χ2n) is 4.15. The molecule has 18 heavy (non-hydrogen) atoms. The molecule has 1 aromatic heterocycles. The summed E-state index contributed by atoms with van der Waals surface area (Å²) in [4.78, 5) is 12.4. The molecule has 0 spiro atoms. The van der Waals surface area contributed by atoms with Gasteiger partial charge in [-0.1, -0.05) is 10.6 Å². The van der Waals surface area contributed by atoms with E-state index in [0.717, 1.165) is 36.7 Å². The molecule has 5 nitrogen and oxygen atoms in total. The molecule has 0 saturated carbocycles. The largest absolute Gasteiger partial charge is 0.321 e. The molecule has 1 aromatic carbocycles. The summed E-state index contributed by atoms with van der Waals surface area (Å²) in [5.41, 5.74) is 3.42. The van der Waals surface area contributed by atoms with Crippen molar-refractivity contribution in [1.29, 1.82) is 0 Å². The number of nitrogens with zero attached hydrogens (tertiary/aromatic N) is 2. The third-order valence-electron chi connectivity index (χ3n) is 2.94. The van der Waals surface area contributed by atoms with Gasteiger partial charge in [0.1, 0.15) is 4.88 Å². The Kier molecular flexibility index (Phi) is 3.04. The molecular weight excluding hydrogens is 248 g/mol. The quantitative estimate of drug-likeness (QED) is 0.857. The first-order chi connectivity index (χ1) is 8.83. The van der Waals surface area contributed by atoms with Crippen molar-refractivity contribution >= 4 is 23.1 Å². The third kappa shape index (κ3) is 2.25. The highest BCUT2D eigenvalue weighted by molar-refractivity contribution is 7.07. The average molecular weight is 260 g/mol. The minimum Gasteiger partial charge on any atom is -0.321 e. The fourth-order valence-electron chi connectivity index (χ4n) is 2.02. The van der Waals surface area contributed by atoms with Gasteiger partial charge in [0, 0.05) is 12.2 Å². The smallest absolute Gasteiger partial charge is 0.269 e. The monoisotopic (exact) mass is 260 g/mol. The molecule has 0 unspecified atom stereocenters. The van der Waals surface area contributed by atoms with Gasteiger partial charge in [0.2, 0.25) is 0 Å². The Morgan fingerprint density at radius 1 is 1.39 bits per heavy atom. The van der Waals surface area contributed by atoms with E-state index >= 15 is 0 Å². The van der Waals surface area contributed by atoms with E-state index in [1.807, 2.05) is 12.1 Å². The van der Waals surface area contributed by atoms with Crippen molar-refractivity contribution in [1.82, 2.24) is 14.9 Å². The first-order valence-electron chi connectivity index (χ1n) is 5.74. The van der Waals surface area contributed by atoms with Gasteiger partial charge in [0.05, 0.1) is 6.20 Å². The molecule has 0 radical (unpaired) electrons. The van der Waals surface area contributed by atoms with Crippen molar-refractivity contribution in [3.05, 3.63) is 40.4 Å². The molecular formula is C12H12N4OS. The Bertz CT molecular complexity index is 567. The van der Waals surface area contributed by atoms with Gasteiger partial charge in [-0.15, -0.1) is 5.10 Å². The predicted molar refractivity (Wildman–Crippen MR) is 69.7 cm³/mol. The molecule has 92 valence electrons. The summed E-state index contributed by atoms with van der Waals surface area (Å²) in [7, 11) is 0. The van der Waals surface area contributed by atoms with E-state index < -0.39 is 0 Å². The number of rotatable bonds is 2. The zero-order valence-corrected chi connectivity index (χ0v) is 10.5. The summed E-state index contributed by atoms with van der Waals surface area (Å²) in [5, 5.41) is 9.83. The summed E-state index contributed by atoms with van der Waals surface area (Å²) in [5.74, 6) is -0.159. The van der Waals surface area contributed by atoms with E-state index in [2.05, 4.69) is 26.3 Å². The van der Waals surface area contributed by atoms with E-state index in [1.54, 1.807) is 0 Å². The summed E-state index contributed by atoms with van der Waals surface area (Å²) in [6, 6.07) is 6.04. The molecule has 2 aromatic rings. The molecule has 2 heterocycles. The van der Waals surface area contributed by atoms with Gasteiger partial charge in [-0.25, -0.2) is 0 Å². The Hall–Kier alpha value is -1.79. The van der Waals surface area contributed by atoms with E-state index in [-0.39, 0.29) is 5.91 Å². The van der Waals surface area contributed by atoms with Crippen molar-refractivity contribution in [3.63, 3.8) is 0 Å². The first kappa shape index (κ1) is 11.3. The average Bonchev–Trinajstić information content (AvgIpc) is 2.92. The van der Waals surface area contributed by atoms with Crippen LogP contribution in [0.3, 0.4) is 0 Å². The van der Waals surface area contributed by atoms with Crippen LogP contribution in [0.15, 0.2) is 24.4 Å². The third-order valence-corrected chi connectivity index (χ3v) is 3.60. The summed E-state index contributed by atoms with van der Waals surface area (Å²) in [6.45, 7) is 1.88. The van der Waals surface area contributed by atoms with Crippen molar-refractivity contribution in [2.75, 3.05) is 11.9 Å². The molecule has 1 aliphatic heterocycles. The number of carbonyl (C=O) groups excluding carboxylic acids is 1. The number of anilines is 1. The van der Waals surface area contributed by atoms with Gasteiger partial charge < -0.3 is 10.6 Å². The fourth-order valence-corrected chi connectivity index (χ4v) is 2.43. The molecule has 0 bridgehead atoms. The van der Waals surface area contributed by atoms with Crippen molar-refractivity contribution in [2.45, 2.75) is 13.0 Å². The summed E-state index contributed by atoms with van der Waals surface area (Å²) < 4.78 is 3.68. The van der Waals surface area contributed by atoms with Gasteiger partial charge in [-0.05, 0) is 47.8 Å². The number of hydrogen-bond acceptors (Lipinski definition) is 5. The van der Waals surface area contributed by atoms with E-state index in [0.29, 0.717) is 4.88 Å². The Labute approximate surface area is 108 Å². The molecule has 0 saturated heterocycles. The number of carbonyl (C=O) groups is 1. The second kappa shape index (κ2) is 4.83. The molecule has 6 heteroatoms. The predicted octanol–water partition coefficient (Wildman–Crippen LogP) is 1.44. The van der Waals surface area contributed by atoms with Crippen LogP contribution in [-0.4, -0.2) is 22.0 Å². The van der Waals surface area contributed by atoms with Crippen LogP contribution in [0.4, 0.5) is 5.69 Å². The van der Waals surface area contributed by atoms with Crippen LogP contribution >= 0.6 is 11.5 Å². The highest BCUT2D eigenvalue weighted by atomic mass is 32.1. The Morgan fingerprint density at radius 3 is 3.17 bits per heavy atom. The molecule has 0 fully saturated rings. The maximum atomic E-state index is 11.8. The summed E-state index contributed by atoms with van der Waals surface area (Å²) in [6.07, 6.45) is 2.52. The highest BCUT2D eigenvalue weighted by Gasteiger charge is 2.12. The normalized spacial score (nSPS) is 14.0. The number of fused-ring (bicyclic) bond motifs is 1. The lowest BCUT2D eigenvalue weighted by Gasteiger charge is -2.17. The van der Waals surface area contributed by atoms with Crippen LogP contribution in [-0.2, 0) is 13.0 Å². The van der Waals surface area contributed by atoms with Crippen molar-refractivity contribution in [3.8, 4) is 0 Å². The maximum Gasteiger partial charge on any atom is 0.269 e. The maximum absolute atomic E-state index is 11.8. The number of aromatic nitrogens is 2. The van der Waals surface area contributed by atoms with Gasteiger partial charge in [0.15, 0.2) is 0 Å². The molecule has 3 rings (SSSR count). The van der Waals surface area contributed by atoms with Crippen LogP contribution in [0, 0.1) is 0 Å². The van der Waals surface area contributed by atoms with Crippen LogP contribution < -0.4 is 10.6 Å². The van der Waals surface area contributed by atoms with Crippen LogP contribution in [0.2, 0.25) is 0 Å². The molecule has 1 amide bonds. The van der Waals surface area contributed by atoms with Crippen molar-refractivity contribution < 1.29 is 4.79 Å². The fraction of sp³-hybridized carbons (Fsp3) is 0.250. The topological polar surface area (TPSA) is 66.9 Å². The van der Waals surface area contributed by atoms with E-state index in [4.69, 9.17) is 0 Å². The first-order valence-corrected chi connectivity index (χ1v) is 6.51. The number of nitrogens with one attached hydrogen (secondary N) is 2. The van der Waals surface area contributed by atoms with Crippen LogP contribution in [0.5, 0.6) is 0 Å². The molecule has 0 aliphatic carbocycles. The zero-order valence-electron chi connectivity index (χ0n) is 9.64. The molecule has 2 N–H and O–H groups in total. The van der Waals surface area contributed by atoms with Crippen LogP contribution in [0.1, 0.15) is 20.8 Å². The SMILES string of the molecule is O=C(Nc1ccc2c(c1)CNCC2)c1cnns1. The van der Waals surface area contributed by atoms with Gasteiger partial charge in [-0.3, -0.25) is 4.79 Å². The van der Waals surface area contributed by atoms with E-state index in [1.165, 1.54) is 17.3 Å². The van der Waals surface area contributed by atoms with Gasteiger partial charge in [0.25, 0.3) is 5.91 Å². The Balaban J connectivity index is 1.79. The molecule has 1 aliphatic rings. The number of amides is 1. The minimum atomic E-state index is -0.159. The number of hydrogen-bond donors (Lipinski definition) is 2. The zero-order chi connectivity index (χ0) is 12.4.